The minimum Gasteiger partial charge on any atom is -0.494 e. The molecule has 7 heteroatoms. The number of fused-ring (bicyclic) bond motifs is 1. The van der Waals surface area contributed by atoms with Gasteiger partial charge < -0.3 is 10.1 Å². The van der Waals surface area contributed by atoms with Crippen molar-refractivity contribution in [3.05, 3.63) is 65.5 Å². The molecule has 2 aromatic carbocycles. The van der Waals surface area contributed by atoms with Crippen LogP contribution in [0.5, 0.6) is 5.75 Å². The number of nitrogens with one attached hydrogen (secondary N) is 1. The van der Waals surface area contributed by atoms with Crippen LogP contribution >= 0.6 is 23.1 Å². The number of carbonyl (C=O) groups excluding carboxylic acids is 1. The second kappa shape index (κ2) is 9.28. The van der Waals surface area contributed by atoms with Crippen molar-refractivity contribution in [2.75, 3.05) is 18.2 Å². The minimum atomic E-state index is -0.0495. The minimum absolute atomic E-state index is 0.0495. The summed E-state index contributed by atoms with van der Waals surface area (Å²) in [7, 11) is 1.65. The molecule has 0 aliphatic carbocycles. The van der Waals surface area contributed by atoms with E-state index in [2.05, 4.69) is 23.3 Å². The van der Waals surface area contributed by atoms with Crippen molar-refractivity contribution in [1.82, 2.24) is 9.97 Å². The number of rotatable bonds is 7. The molecule has 1 N–H and O–H groups in total. The standard InChI is InChI=1S/C23H21N3O2S2/c1-15-13-21(26-22-17(15)9-6-10-19(22)28-2)29-12-11-20(27)25-23-24-18(14-30-23)16-7-4-3-5-8-16/h3-10,13-14H,11-12H2,1-2H3,(H,24,25,27). The molecule has 0 aliphatic heterocycles. The Balaban J connectivity index is 1.35. The van der Waals surface area contributed by atoms with Crippen molar-refractivity contribution in [3.63, 3.8) is 0 Å². The lowest BCUT2D eigenvalue weighted by molar-refractivity contribution is -0.115. The van der Waals surface area contributed by atoms with Crippen LogP contribution in [-0.2, 0) is 4.79 Å². The van der Waals surface area contributed by atoms with E-state index in [0.29, 0.717) is 17.3 Å². The molecule has 2 aromatic heterocycles. The first-order chi connectivity index (χ1) is 14.6. The maximum atomic E-state index is 12.3. The Morgan fingerprint density at radius 3 is 2.77 bits per heavy atom. The zero-order valence-corrected chi connectivity index (χ0v) is 18.3. The summed E-state index contributed by atoms with van der Waals surface area (Å²) in [5.41, 5.74) is 3.90. The number of ether oxygens (including phenoxy) is 1. The fourth-order valence-electron chi connectivity index (χ4n) is 3.10. The van der Waals surface area contributed by atoms with Crippen LogP contribution in [0.15, 0.2) is 65.0 Å². The Morgan fingerprint density at radius 2 is 1.97 bits per heavy atom. The van der Waals surface area contributed by atoms with Gasteiger partial charge in [0.1, 0.15) is 11.3 Å². The van der Waals surface area contributed by atoms with Gasteiger partial charge in [-0.2, -0.15) is 0 Å². The first-order valence-corrected chi connectivity index (χ1v) is 11.4. The Hall–Kier alpha value is -2.90. The lowest BCUT2D eigenvalue weighted by Crippen LogP contribution is -2.12. The lowest BCUT2D eigenvalue weighted by Gasteiger charge is -2.09. The van der Waals surface area contributed by atoms with E-state index in [0.717, 1.165) is 38.5 Å². The monoisotopic (exact) mass is 435 g/mol. The number of thiazole rings is 1. The number of anilines is 1. The molecule has 2 heterocycles. The van der Waals surface area contributed by atoms with Gasteiger partial charge in [0.25, 0.3) is 0 Å². The van der Waals surface area contributed by atoms with E-state index in [-0.39, 0.29) is 5.91 Å². The number of thioether (sulfide) groups is 1. The maximum Gasteiger partial charge on any atom is 0.226 e. The van der Waals surface area contributed by atoms with Crippen molar-refractivity contribution in [3.8, 4) is 17.0 Å². The van der Waals surface area contributed by atoms with Crippen molar-refractivity contribution < 1.29 is 9.53 Å². The molecule has 152 valence electrons. The molecular formula is C23H21N3O2S2. The fourth-order valence-corrected chi connectivity index (χ4v) is 4.75. The van der Waals surface area contributed by atoms with E-state index >= 15 is 0 Å². The number of methoxy groups -OCH3 is 1. The van der Waals surface area contributed by atoms with Gasteiger partial charge in [0.05, 0.1) is 17.8 Å². The van der Waals surface area contributed by atoms with Crippen LogP contribution in [0.25, 0.3) is 22.2 Å². The maximum absolute atomic E-state index is 12.3. The van der Waals surface area contributed by atoms with Crippen LogP contribution in [0.3, 0.4) is 0 Å². The molecule has 0 radical (unpaired) electrons. The summed E-state index contributed by atoms with van der Waals surface area (Å²) in [5, 5.41) is 7.43. The fraction of sp³-hybridized carbons (Fsp3) is 0.174. The number of benzene rings is 2. The van der Waals surface area contributed by atoms with Crippen molar-refractivity contribution >= 4 is 45.0 Å². The summed E-state index contributed by atoms with van der Waals surface area (Å²) in [6.45, 7) is 2.06. The van der Waals surface area contributed by atoms with Gasteiger partial charge in [0.2, 0.25) is 5.91 Å². The largest absolute Gasteiger partial charge is 0.494 e. The summed E-state index contributed by atoms with van der Waals surface area (Å²) in [5.74, 6) is 1.34. The Labute approximate surface area is 183 Å². The summed E-state index contributed by atoms with van der Waals surface area (Å²) >= 11 is 3.00. The number of carbonyl (C=O) groups is 1. The van der Waals surface area contributed by atoms with Gasteiger partial charge >= 0.3 is 0 Å². The van der Waals surface area contributed by atoms with Gasteiger partial charge in [-0.3, -0.25) is 4.79 Å². The molecule has 1 amide bonds. The number of aromatic nitrogens is 2. The molecule has 0 bridgehead atoms. The molecule has 0 fully saturated rings. The Morgan fingerprint density at radius 1 is 1.13 bits per heavy atom. The van der Waals surface area contributed by atoms with Crippen LogP contribution in [-0.4, -0.2) is 28.7 Å². The lowest BCUT2D eigenvalue weighted by atomic mass is 10.1. The molecule has 4 aromatic rings. The normalized spacial score (nSPS) is 10.9. The predicted octanol–water partition coefficient (Wildman–Crippen LogP) is 5.80. The molecule has 0 spiro atoms. The Kier molecular flexibility index (Phi) is 6.30. The van der Waals surface area contributed by atoms with Gasteiger partial charge in [0.15, 0.2) is 5.13 Å². The van der Waals surface area contributed by atoms with Crippen LogP contribution in [0.2, 0.25) is 0 Å². The van der Waals surface area contributed by atoms with E-state index in [4.69, 9.17) is 9.72 Å². The number of pyridine rings is 1. The third-order valence-corrected chi connectivity index (χ3v) is 6.28. The molecule has 0 saturated heterocycles. The molecule has 0 aliphatic rings. The molecule has 4 rings (SSSR count). The number of hydrogen-bond donors (Lipinski definition) is 1. The summed E-state index contributed by atoms with van der Waals surface area (Å²) in [6, 6.07) is 17.9. The number of aryl methyl sites for hydroxylation is 1. The molecule has 0 unspecified atom stereocenters. The first-order valence-electron chi connectivity index (χ1n) is 9.52. The zero-order chi connectivity index (χ0) is 20.9. The zero-order valence-electron chi connectivity index (χ0n) is 16.7. The number of para-hydroxylation sites is 1. The van der Waals surface area contributed by atoms with Crippen LogP contribution < -0.4 is 10.1 Å². The molecular weight excluding hydrogens is 414 g/mol. The van der Waals surface area contributed by atoms with Gasteiger partial charge in [0, 0.05) is 28.5 Å². The molecule has 0 atom stereocenters. The van der Waals surface area contributed by atoms with Crippen LogP contribution in [0.1, 0.15) is 12.0 Å². The third kappa shape index (κ3) is 4.63. The van der Waals surface area contributed by atoms with Crippen molar-refractivity contribution in [2.45, 2.75) is 18.4 Å². The van der Waals surface area contributed by atoms with E-state index < -0.39 is 0 Å². The molecule has 0 saturated carbocycles. The summed E-state index contributed by atoms with van der Waals surface area (Å²) in [4.78, 5) is 21.6. The third-order valence-electron chi connectivity index (χ3n) is 4.60. The second-order valence-corrected chi connectivity index (χ2v) is 8.66. The van der Waals surface area contributed by atoms with Gasteiger partial charge in [-0.1, -0.05) is 42.5 Å². The Bertz CT molecular complexity index is 1180. The highest BCUT2D eigenvalue weighted by Crippen LogP contribution is 2.30. The van der Waals surface area contributed by atoms with E-state index in [9.17, 15) is 4.79 Å². The topological polar surface area (TPSA) is 64.1 Å². The number of amides is 1. The van der Waals surface area contributed by atoms with E-state index in [1.54, 1.807) is 18.9 Å². The summed E-state index contributed by atoms with van der Waals surface area (Å²) < 4.78 is 5.44. The van der Waals surface area contributed by atoms with Gasteiger partial charge in [-0.25, -0.2) is 9.97 Å². The first kappa shape index (κ1) is 20.4. The number of nitrogens with zero attached hydrogens (tertiary/aromatic N) is 2. The van der Waals surface area contributed by atoms with Gasteiger partial charge in [-0.05, 0) is 24.6 Å². The quantitative estimate of drug-likeness (QED) is 0.372. The highest BCUT2D eigenvalue weighted by molar-refractivity contribution is 7.99. The van der Waals surface area contributed by atoms with Crippen LogP contribution in [0, 0.1) is 6.92 Å². The highest BCUT2D eigenvalue weighted by Gasteiger charge is 2.11. The average Bonchev–Trinajstić information content (AvgIpc) is 3.22. The highest BCUT2D eigenvalue weighted by atomic mass is 32.2. The second-order valence-electron chi connectivity index (χ2n) is 6.68. The van der Waals surface area contributed by atoms with Gasteiger partial charge in [-0.15, -0.1) is 23.1 Å². The summed E-state index contributed by atoms with van der Waals surface area (Å²) in [6.07, 6.45) is 0.385. The number of hydrogen-bond acceptors (Lipinski definition) is 6. The molecule has 30 heavy (non-hydrogen) atoms. The SMILES string of the molecule is COc1cccc2c(C)cc(SCCC(=O)Nc3nc(-c4ccccc4)cs3)nc12. The smallest absolute Gasteiger partial charge is 0.226 e. The van der Waals surface area contributed by atoms with Crippen molar-refractivity contribution in [1.29, 1.82) is 0 Å². The average molecular weight is 436 g/mol. The van der Waals surface area contributed by atoms with E-state index in [1.165, 1.54) is 11.3 Å². The van der Waals surface area contributed by atoms with E-state index in [1.807, 2.05) is 53.9 Å². The molecule has 5 nitrogen and oxygen atoms in total. The van der Waals surface area contributed by atoms with Crippen molar-refractivity contribution in [2.24, 2.45) is 0 Å². The predicted molar refractivity (Wildman–Crippen MR) is 125 cm³/mol. The van der Waals surface area contributed by atoms with Crippen LogP contribution in [0.4, 0.5) is 5.13 Å².